The lowest BCUT2D eigenvalue weighted by Gasteiger charge is -2.14. The summed E-state index contributed by atoms with van der Waals surface area (Å²) in [6, 6.07) is 16.5. The van der Waals surface area contributed by atoms with E-state index in [1.807, 2.05) is 26.2 Å². The van der Waals surface area contributed by atoms with E-state index in [-0.39, 0.29) is 0 Å². The van der Waals surface area contributed by atoms with Gasteiger partial charge < -0.3 is 20.3 Å². The molecular weight excluding hydrogens is 324 g/mol. The van der Waals surface area contributed by atoms with Crippen LogP contribution >= 0.6 is 0 Å². The fraction of sp³-hybridized carbons (Fsp3) is 0.381. The SMILES string of the molecule is CN=C(NCc1cccc(OCCN(C)C)c1)NCc1ccccc1C. The second kappa shape index (κ2) is 10.5. The van der Waals surface area contributed by atoms with Gasteiger partial charge in [-0.1, -0.05) is 36.4 Å². The second-order valence-electron chi connectivity index (χ2n) is 6.50. The normalized spacial score (nSPS) is 11.5. The van der Waals surface area contributed by atoms with E-state index >= 15 is 0 Å². The van der Waals surface area contributed by atoms with Crippen LogP contribution in [0.5, 0.6) is 5.75 Å². The molecule has 0 saturated heterocycles. The molecule has 0 aliphatic carbocycles. The summed E-state index contributed by atoms with van der Waals surface area (Å²) in [4.78, 5) is 6.40. The Morgan fingerprint density at radius 3 is 2.54 bits per heavy atom. The minimum Gasteiger partial charge on any atom is -0.492 e. The molecule has 2 rings (SSSR count). The third kappa shape index (κ3) is 6.76. The molecule has 0 spiro atoms. The molecule has 2 aromatic carbocycles. The third-order valence-electron chi connectivity index (χ3n) is 4.10. The van der Waals surface area contributed by atoms with Gasteiger partial charge in [0.15, 0.2) is 5.96 Å². The summed E-state index contributed by atoms with van der Waals surface area (Å²) in [5.74, 6) is 1.68. The van der Waals surface area contributed by atoms with Crippen molar-refractivity contribution in [3.63, 3.8) is 0 Å². The highest BCUT2D eigenvalue weighted by Gasteiger charge is 2.02. The number of aryl methyl sites for hydroxylation is 1. The van der Waals surface area contributed by atoms with Crippen LogP contribution in [-0.4, -0.2) is 45.2 Å². The highest BCUT2D eigenvalue weighted by molar-refractivity contribution is 5.79. The van der Waals surface area contributed by atoms with Crippen LogP contribution in [0.2, 0.25) is 0 Å². The summed E-state index contributed by atoms with van der Waals surface area (Å²) in [5.41, 5.74) is 3.70. The molecule has 26 heavy (non-hydrogen) atoms. The Labute approximate surface area is 157 Å². The third-order valence-corrected chi connectivity index (χ3v) is 4.10. The van der Waals surface area contributed by atoms with Crippen molar-refractivity contribution in [1.29, 1.82) is 0 Å². The molecule has 0 bridgehead atoms. The average Bonchev–Trinajstić information content (AvgIpc) is 2.63. The molecule has 5 nitrogen and oxygen atoms in total. The number of ether oxygens (including phenoxy) is 1. The van der Waals surface area contributed by atoms with E-state index in [1.54, 1.807) is 7.05 Å². The van der Waals surface area contributed by atoms with Crippen molar-refractivity contribution in [3.05, 3.63) is 65.2 Å². The average molecular weight is 354 g/mol. The van der Waals surface area contributed by atoms with Crippen LogP contribution in [0.1, 0.15) is 16.7 Å². The highest BCUT2D eigenvalue weighted by atomic mass is 16.5. The van der Waals surface area contributed by atoms with Crippen LogP contribution in [0.25, 0.3) is 0 Å². The maximum absolute atomic E-state index is 5.79. The van der Waals surface area contributed by atoms with E-state index in [0.29, 0.717) is 13.2 Å². The van der Waals surface area contributed by atoms with Crippen molar-refractivity contribution in [2.75, 3.05) is 34.3 Å². The predicted octanol–water partition coefficient (Wildman–Crippen LogP) is 2.80. The van der Waals surface area contributed by atoms with Gasteiger partial charge in [0.2, 0.25) is 0 Å². The van der Waals surface area contributed by atoms with Crippen LogP contribution in [0.15, 0.2) is 53.5 Å². The summed E-state index contributed by atoms with van der Waals surface area (Å²) >= 11 is 0. The van der Waals surface area contributed by atoms with Crippen LogP contribution < -0.4 is 15.4 Å². The Morgan fingerprint density at radius 1 is 1.04 bits per heavy atom. The maximum Gasteiger partial charge on any atom is 0.191 e. The van der Waals surface area contributed by atoms with E-state index in [4.69, 9.17) is 4.74 Å². The number of benzene rings is 2. The number of hydrogen-bond acceptors (Lipinski definition) is 3. The maximum atomic E-state index is 5.79. The predicted molar refractivity (Wildman–Crippen MR) is 109 cm³/mol. The largest absolute Gasteiger partial charge is 0.492 e. The van der Waals surface area contributed by atoms with Crippen molar-refractivity contribution in [2.45, 2.75) is 20.0 Å². The van der Waals surface area contributed by atoms with Gasteiger partial charge in [-0.05, 0) is 49.8 Å². The van der Waals surface area contributed by atoms with Crippen LogP contribution in [0.4, 0.5) is 0 Å². The van der Waals surface area contributed by atoms with Gasteiger partial charge in [0.1, 0.15) is 12.4 Å². The number of aliphatic imine (C=N–C) groups is 1. The van der Waals surface area contributed by atoms with Crippen molar-refractivity contribution in [3.8, 4) is 5.75 Å². The smallest absolute Gasteiger partial charge is 0.191 e. The zero-order valence-corrected chi connectivity index (χ0v) is 16.2. The zero-order chi connectivity index (χ0) is 18.8. The molecule has 0 aliphatic heterocycles. The Balaban J connectivity index is 1.83. The summed E-state index contributed by atoms with van der Waals surface area (Å²) in [6.45, 7) is 5.15. The lowest BCUT2D eigenvalue weighted by Crippen LogP contribution is -2.36. The molecule has 140 valence electrons. The van der Waals surface area contributed by atoms with E-state index in [9.17, 15) is 0 Å². The number of guanidine groups is 1. The van der Waals surface area contributed by atoms with Gasteiger partial charge in [-0.15, -0.1) is 0 Å². The zero-order valence-electron chi connectivity index (χ0n) is 16.2. The first-order valence-corrected chi connectivity index (χ1v) is 8.94. The molecule has 0 aromatic heterocycles. The Hall–Kier alpha value is -2.53. The van der Waals surface area contributed by atoms with Crippen molar-refractivity contribution in [1.82, 2.24) is 15.5 Å². The lowest BCUT2D eigenvalue weighted by atomic mass is 10.1. The fourth-order valence-corrected chi connectivity index (χ4v) is 2.49. The number of nitrogens with zero attached hydrogens (tertiary/aromatic N) is 2. The molecule has 0 radical (unpaired) electrons. The van der Waals surface area contributed by atoms with Gasteiger partial charge in [0.25, 0.3) is 0 Å². The summed E-state index contributed by atoms with van der Waals surface area (Å²) in [6.07, 6.45) is 0. The van der Waals surface area contributed by atoms with Gasteiger partial charge in [-0.25, -0.2) is 0 Å². The van der Waals surface area contributed by atoms with Gasteiger partial charge in [0, 0.05) is 26.7 Å². The minimum absolute atomic E-state index is 0.684. The molecule has 0 saturated carbocycles. The molecule has 5 heteroatoms. The number of likely N-dealkylation sites (N-methyl/N-ethyl adjacent to an activating group) is 1. The number of hydrogen-bond donors (Lipinski definition) is 2. The summed E-state index contributed by atoms with van der Waals surface area (Å²) in [5, 5.41) is 6.71. The lowest BCUT2D eigenvalue weighted by molar-refractivity contribution is 0.261. The first-order valence-electron chi connectivity index (χ1n) is 8.94. The highest BCUT2D eigenvalue weighted by Crippen LogP contribution is 2.13. The molecular formula is C21H30N4O. The Kier molecular flexibility index (Phi) is 7.96. The number of rotatable bonds is 8. The van der Waals surface area contributed by atoms with Crippen molar-refractivity contribution >= 4 is 5.96 Å². The van der Waals surface area contributed by atoms with E-state index in [1.165, 1.54) is 11.1 Å². The summed E-state index contributed by atoms with van der Waals surface area (Å²) in [7, 11) is 5.87. The Bertz CT molecular complexity index is 713. The summed E-state index contributed by atoms with van der Waals surface area (Å²) < 4.78 is 5.79. The van der Waals surface area contributed by atoms with E-state index in [2.05, 4.69) is 63.8 Å². The fourth-order valence-electron chi connectivity index (χ4n) is 2.49. The Morgan fingerprint density at radius 2 is 1.81 bits per heavy atom. The topological polar surface area (TPSA) is 48.9 Å². The molecule has 0 unspecified atom stereocenters. The van der Waals surface area contributed by atoms with Crippen LogP contribution in [0, 0.1) is 6.92 Å². The molecule has 2 N–H and O–H groups in total. The molecule has 0 heterocycles. The number of nitrogens with one attached hydrogen (secondary N) is 2. The van der Waals surface area contributed by atoms with Crippen LogP contribution in [0.3, 0.4) is 0 Å². The van der Waals surface area contributed by atoms with Gasteiger partial charge in [-0.2, -0.15) is 0 Å². The first kappa shape index (κ1) is 19.8. The molecule has 0 amide bonds. The van der Waals surface area contributed by atoms with Crippen molar-refractivity contribution in [2.24, 2.45) is 4.99 Å². The van der Waals surface area contributed by atoms with Gasteiger partial charge >= 0.3 is 0 Å². The van der Waals surface area contributed by atoms with Gasteiger partial charge in [-0.3, -0.25) is 4.99 Å². The van der Waals surface area contributed by atoms with Crippen LogP contribution in [-0.2, 0) is 13.1 Å². The molecule has 0 aliphatic rings. The molecule has 2 aromatic rings. The van der Waals surface area contributed by atoms with Gasteiger partial charge in [0.05, 0.1) is 0 Å². The second-order valence-corrected chi connectivity index (χ2v) is 6.50. The van der Waals surface area contributed by atoms with Crippen molar-refractivity contribution < 1.29 is 4.74 Å². The first-order chi connectivity index (χ1) is 12.6. The standard InChI is InChI=1S/C21H30N4O/c1-17-8-5-6-10-19(17)16-24-21(22-2)23-15-18-9-7-11-20(14-18)26-13-12-25(3)4/h5-11,14H,12-13,15-16H2,1-4H3,(H2,22,23,24). The van der Waals surface area contributed by atoms with E-state index < -0.39 is 0 Å². The molecule has 0 fully saturated rings. The molecule has 0 atom stereocenters. The minimum atomic E-state index is 0.684. The van der Waals surface area contributed by atoms with E-state index in [0.717, 1.165) is 30.4 Å². The monoisotopic (exact) mass is 354 g/mol. The quantitative estimate of drug-likeness (QED) is 0.565.